The summed E-state index contributed by atoms with van der Waals surface area (Å²) in [7, 11) is 0. The van der Waals surface area contributed by atoms with E-state index in [1.807, 2.05) is 24.3 Å². The minimum Gasteiger partial charge on any atom is -0.492 e. The molecule has 0 radical (unpaired) electrons. The third-order valence-electron chi connectivity index (χ3n) is 3.07. The summed E-state index contributed by atoms with van der Waals surface area (Å²) in [5.74, 6) is 0.886. The van der Waals surface area contributed by atoms with Crippen LogP contribution in [0.2, 0.25) is 0 Å². The van der Waals surface area contributed by atoms with Crippen LogP contribution in [0.15, 0.2) is 28.7 Å². The highest BCUT2D eigenvalue weighted by Gasteiger charge is 2.02. The van der Waals surface area contributed by atoms with Crippen LogP contribution in [0.1, 0.15) is 39.0 Å². The fourth-order valence-electron chi connectivity index (χ4n) is 1.82. The van der Waals surface area contributed by atoms with Gasteiger partial charge in [0.2, 0.25) is 5.91 Å². The number of para-hydroxylation sites is 1. The molecular weight excluding hydrogens is 346 g/mol. The monoisotopic (exact) mass is 371 g/mol. The van der Waals surface area contributed by atoms with Gasteiger partial charge in [-0.15, -0.1) is 0 Å². The van der Waals surface area contributed by atoms with Crippen molar-refractivity contribution < 1.29 is 14.3 Å². The predicted molar refractivity (Wildman–Crippen MR) is 92.2 cm³/mol. The molecule has 0 aromatic heterocycles. The van der Waals surface area contributed by atoms with Crippen LogP contribution in [-0.4, -0.2) is 32.3 Å². The van der Waals surface area contributed by atoms with Gasteiger partial charge in [0.15, 0.2) is 0 Å². The van der Waals surface area contributed by atoms with E-state index >= 15 is 0 Å². The summed E-state index contributed by atoms with van der Waals surface area (Å²) in [5.41, 5.74) is 0. The molecule has 0 atom stereocenters. The molecule has 1 rings (SSSR count). The zero-order chi connectivity index (χ0) is 16.0. The SMILES string of the molecule is CCCCOCCCNC(=O)CCCOc1ccccc1Br. The van der Waals surface area contributed by atoms with Crippen molar-refractivity contribution in [3.05, 3.63) is 28.7 Å². The lowest BCUT2D eigenvalue weighted by molar-refractivity contribution is -0.121. The first kappa shape index (κ1) is 19.0. The number of hydrogen-bond donors (Lipinski definition) is 1. The third-order valence-corrected chi connectivity index (χ3v) is 3.73. The van der Waals surface area contributed by atoms with Crippen molar-refractivity contribution in [1.29, 1.82) is 0 Å². The van der Waals surface area contributed by atoms with Crippen molar-refractivity contribution in [3.8, 4) is 5.75 Å². The summed E-state index contributed by atoms with van der Waals surface area (Å²) in [6, 6.07) is 7.71. The molecule has 124 valence electrons. The van der Waals surface area contributed by atoms with Crippen molar-refractivity contribution >= 4 is 21.8 Å². The molecule has 1 aromatic carbocycles. The Kier molecular flexibility index (Phi) is 10.8. The fourth-order valence-corrected chi connectivity index (χ4v) is 2.21. The zero-order valence-electron chi connectivity index (χ0n) is 13.3. The number of ether oxygens (including phenoxy) is 2. The van der Waals surface area contributed by atoms with Gasteiger partial charge in [-0.1, -0.05) is 25.5 Å². The average molecular weight is 372 g/mol. The van der Waals surface area contributed by atoms with Crippen molar-refractivity contribution in [2.45, 2.75) is 39.0 Å². The minimum atomic E-state index is 0.0734. The summed E-state index contributed by atoms with van der Waals surface area (Å²) in [5, 5.41) is 2.90. The molecule has 0 aliphatic heterocycles. The molecule has 0 aliphatic carbocycles. The van der Waals surface area contributed by atoms with E-state index in [4.69, 9.17) is 9.47 Å². The summed E-state index contributed by atoms with van der Waals surface area (Å²) < 4.78 is 12.0. The van der Waals surface area contributed by atoms with Crippen molar-refractivity contribution in [3.63, 3.8) is 0 Å². The van der Waals surface area contributed by atoms with Crippen LogP contribution in [-0.2, 0) is 9.53 Å². The number of hydrogen-bond acceptors (Lipinski definition) is 3. The molecule has 0 heterocycles. The molecule has 4 nitrogen and oxygen atoms in total. The van der Waals surface area contributed by atoms with Crippen LogP contribution >= 0.6 is 15.9 Å². The van der Waals surface area contributed by atoms with Crippen LogP contribution in [0.25, 0.3) is 0 Å². The molecule has 1 amide bonds. The van der Waals surface area contributed by atoms with E-state index in [2.05, 4.69) is 28.2 Å². The van der Waals surface area contributed by atoms with E-state index in [9.17, 15) is 4.79 Å². The Hall–Kier alpha value is -1.07. The molecule has 0 unspecified atom stereocenters. The topological polar surface area (TPSA) is 47.6 Å². The van der Waals surface area contributed by atoms with Gasteiger partial charge >= 0.3 is 0 Å². The van der Waals surface area contributed by atoms with Gasteiger partial charge in [-0.2, -0.15) is 0 Å². The lowest BCUT2D eigenvalue weighted by Crippen LogP contribution is -2.25. The average Bonchev–Trinajstić information content (AvgIpc) is 2.52. The number of unbranched alkanes of at least 4 members (excludes halogenated alkanes) is 1. The Labute approximate surface area is 141 Å². The molecule has 1 aromatic rings. The number of benzene rings is 1. The molecule has 0 aliphatic rings. The number of amides is 1. The quantitative estimate of drug-likeness (QED) is 0.566. The number of carbonyl (C=O) groups excluding carboxylic acids is 1. The summed E-state index contributed by atoms with van der Waals surface area (Å²) in [6.45, 7) is 4.89. The molecule has 0 saturated carbocycles. The second kappa shape index (κ2) is 12.5. The van der Waals surface area contributed by atoms with Crippen molar-refractivity contribution in [1.82, 2.24) is 5.32 Å². The van der Waals surface area contributed by atoms with Gasteiger partial charge < -0.3 is 14.8 Å². The Bertz CT molecular complexity index is 426. The fraction of sp³-hybridized carbons (Fsp3) is 0.588. The van der Waals surface area contributed by atoms with Crippen molar-refractivity contribution in [2.75, 3.05) is 26.4 Å². The van der Waals surface area contributed by atoms with Crippen LogP contribution < -0.4 is 10.1 Å². The summed E-state index contributed by atoms with van der Waals surface area (Å²) >= 11 is 3.43. The van der Waals surface area contributed by atoms with Gasteiger partial charge in [-0.3, -0.25) is 4.79 Å². The highest BCUT2D eigenvalue weighted by Crippen LogP contribution is 2.23. The standard InChI is InChI=1S/C17H26BrNO3/c1-2-3-12-21-13-7-11-19-17(20)10-6-14-22-16-9-5-4-8-15(16)18/h4-5,8-9H,2-3,6-7,10-14H2,1H3,(H,19,20). The Balaban J connectivity index is 1.96. The van der Waals surface area contributed by atoms with Crippen LogP contribution in [0.3, 0.4) is 0 Å². The lowest BCUT2D eigenvalue weighted by Gasteiger charge is -2.08. The zero-order valence-corrected chi connectivity index (χ0v) is 14.9. The van der Waals surface area contributed by atoms with Gasteiger partial charge in [0.05, 0.1) is 11.1 Å². The molecular formula is C17H26BrNO3. The molecule has 0 fully saturated rings. The largest absolute Gasteiger partial charge is 0.492 e. The normalized spacial score (nSPS) is 10.5. The Morgan fingerprint density at radius 3 is 2.68 bits per heavy atom. The Morgan fingerprint density at radius 1 is 1.14 bits per heavy atom. The lowest BCUT2D eigenvalue weighted by atomic mass is 10.3. The van der Waals surface area contributed by atoms with Gasteiger partial charge in [0, 0.05) is 26.2 Å². The molecule has 0 saturated heterocycles. The maximum absolute atomic E-state index is 11.6. The van der Waals surface area contributed by atoms with Crippen LogP contribution in [0.4, 0.5) is 0 Å². The van der Waals surface area contributed by atoms with E-state index in [1.165, 1.54) is 0 Å². The highest BCUT2D eigenvalue weighted by atomic mass is 79.9. The number of rotatable bonds is 12. The van der Waals surface area contributed by atoms with E-state index in [0.717, 1.165) is 36.1 Å². The van der Waals surface area contributed by atoms with Gasteiger partial charge in [-0.05, 0) is 47.3 Å². The van der Waals surface area contributed by atoms with Gasteiger partial charge in [-0.25, -0.2) is 0 Å². The number of nitrogens with one attached hydrogen (secondary N) is 1. The van der Waals surface area contributed by atoms with Gasteiger partial charge in [0.1, 0.15) is 5.75 Å². The highest BCUT2D eigenvalue weighted by molar-refractivity contribution is 9.10. The Morgan fingerprint density at radius 2 is 1.91 bits per heavy atom. The van der Waals surface area contributed by atoms with Crippen LogP contribution in [0.5, 0.6) is 5.75 Å². The van der Waals surface area contributed by atoms with E-state index in [-0.39, 0.29) is 5.91 Å². The second-order valence-corrected chi connectivity index (χ2v) is 5.91. The van der Waals surface area contributed by atoms with Crippen LogP contribution in [0, 0.1) is 0 Å². The first-order chi connectivity index (χ1) is 10.7. The molecule has 0 bridgehead atoms. The predicted octanol–water partition coefficient (Wildman–Crippen LogP) is 3.93. The first-order valence-corrected chi connectivity index (χ1v) is 8.75. The smallest absolute Gasteiger partial charge is 0.220 e. The van der Waals surface area contributed by atoms with Crippen molar-refractivity contribution in [2.24, 2.45) is 0 Å². The maximum Gasteiger partial charge on any atom is 0.220 e. The van der Waals surface area contributed by atoms with E-state index < -0.39 is 0 Å². The van der Waals surface area contributed by atoms with E-state index in [0.29, 0.717) is 32.6 Å². The molecule has 22 heavy (non-hydrogen) atoms. The maximum atomic E-state index is 11.6. The molecule has 1 N–H and O–H groups in total. The molecule has 5 heteroatoms. The van der Waals surface area contributed by atoms with Gasteiger partial charge in [0.25, 0.3) is 0 Å². The minimum absolute atomic E-state index is 0.0734. The second-order valence-electron chi connectivity index (χ2n) is 5.05. The first-order valence-electron chi connectivity index (χ1n) is 7.95. The summed E-state index contributed by atoms with van der Waals surface area (Å²) in [6.07, 6.45) is 4.31. The number of halogens is 1. The molecule has 0 spiro atoms. The number of carbonyl (C=O) groups is 1. The van der Waals surface area contributed by atoms with E-state index in [1.54, 1.807) is 0 Å². The third kappa shape index (κ3) is 9.05. The summed E-state index contributed by atoms with van der Waals surface area (Å²) in [4.78, 5) is 11.6.